The molecule has 0 aliphatic rings. The van der Waals surface area contributed by atoms with Crippen LogP contribution in [0.4, 0.5) is 5.69 Å². The lowest BCUT2D eigenvalue weighted by Crippen LogP contribution is -2.36. The first kappa shape index (κ1) is 30.9. The fraction of sp³-hybridized carbons (Fsp3) is 0.297. The van der Waals surface area contributed by atoms with Gasteiger partial charge in [-0.3, -0.25) is 9.59 Å². The van der Waals surface area contributed by atoms with Crippen molar-refractivity contribution < 1.29 is 19.4 Å². The first-order chi connectivity index (χ1) is 20.3. The molecule has 0 aliphatic carbocycles. The highest BCUT2D eigenvalue weighted by molar-refractivity contribution is 5.95. The molecule has 0 fully saturated rings. The second-order valence-corrected chi connectivity index (χ2v) is 11.3. The van der Waals surface area contributed by atoms with Crippen LogP contribution in [0, 0.1) is 17.8 Å². The minimum absolute atomic E-state index is 0.00508. The maximum absolute atomic E-state index is 13.6. The molecule has 0 bridgehead atoms. The fourth-order valence-electron chi connectivity index (χ4n) is 5.35. The molecule has 4 aromatic rings. The molecule has 0 heterocycles. The number of amides is 1. The molecule has 42 heavy (non-hydrogen) atoms. The number of Topliss-reactive ketones (excluding diaryl/α,β-unsaturated/α-hetero) is 1. The lowest BCUT2D eigenvalue weighted by molar-refractivity contribution is -0.131. The third kappa shape index (κ3) is 7.61. The van der Waals surface area contributed by atoms with Gasteiger partial charge < -0.3 is 15.2 Å². The number of benzene rings is 4. The SMILES string of the molecule is CC(C)C[C@H](CC(=O)[C@@H](C)COC(c1ccccc1)(c1ccccc1)c1ccccc1)C(=O)Nc1ccc(CO)cc1. The number of ketones is 1. The summed E-state index contributed by atoms with van der Waals surface area (Å²) >= 11 is 0. The smallest absolute Gasteiger partial charge is 0.227 e. The summed E-state index contributed by atoms with van der Waals surface area (Å²) in [5.74, 6) is -0.811. The standard InChI is InChI=1S/C37H41NO4/c1-27(2)23-30(36(41)38-34-21-19-29(25-39)20-22-34)24-35(40)28(3)26-42-37(31-13-7-4-8-14-31,32-15-9-5-10-16-32)33-17-11-6-12-18-33/h4-22,27-28,30,39H,23-26H2,1-3H3,(H,38,41)/t28-,30+/m0/s1. The average Bonchev–Trinajstić information content (AvgIpc) is 3.02. The van der Waals surface area contributed by atoms with Crippen molar-refractivity contribution in [2.45, 2.75) is 45.8 Å². The first-order valence-corrected chi connectivity index (χ1v) is 14.7. The zero-order valence-electron chi connectivity index (χ0n) is 24.7. The van der Waals surface area contributed by atoms with Gasteiger partial charge in [0.2, 0.25) is 5.91 Å². The normalized spacial score (nSPS) is 13.0. The van der Waals surface area contributed by atoms with E-state index >= 15 is 0 Å². The molecule has 2 N–H and O–H groups in total. The van der Waals surface area contributed by atoms with E-state index in [0.717, 1.165) is 22.3 Å². The molecule has 218 valence electrons. The van der Waals surface area contributed by atoms with Crippen LogP contribution in [-0.4, -0.2) is 23.4 Å². The summed E-state index contributed by atoms with van der Waals surface area (Å²) in [6.45, 7) is 6.13. The molecular weight excluding hydrogens is 522 g/mol. The van der Waals surface area contributed by atoms with Gasteiger partial charge in [0.1, 0.15) is 11.4 Å². The van der Waals surface area contributed by atoms with Gasteiger partial charge in [0, 0.05) is 23.9 Å². The van der Waals surface area contributed by atoms with Crippen molar-refractivity contribution in [3.63, 3.8) is 0 Å². The maximum atomic E-state index is 13.6. The number of aliphatic hydroxyl groups is 1. The highest BCUT2D eigenvalue weighted by atomic mass is 16.5. The van der Waals surface area contributed by atoms with E-state index < -0.39 is 17.4 Å². The topological polar surface area (TPSA) is 75.6 Å². The molecule has 5 heteroatoms. The van der Waals surface area contributed by atoms with E-state index in [1.807, 2.05) is 61.5 Å². The monoisotopic (exact) mass is 563 g/mol. The van der Waals surface area contributed by atoms with Crippen molar-refractivity contribution in [1.29, 1.82) is 0 Å². The maximum Gasteiger partial charge on any atom is 0.227 e. The number of aliphatic hydroxyl groups excluding tert-OH is 1. The fourth-order valence-corrected chi connectivity index (χ4v) is 5.35. The van der Waals surface area contributed by atoms with E-state index in [9.17, 15) is 14.7 Å². The van der Waals surface area contributed by atoms with Crippen molar-refractivity contribution >= 4 is 17.4 Å². The summed E-state index contributed by atoms with van der Waals surface area (Å²) in [4.78, 5) is 26.9. The van der Waals surface area contributed by atoms with Gasteiger partial charge in [-0.2, -0.15) is 0 Å². The van der Waals surface area contributed by atoms with Crippen molar-refractivity contribution in [2.75, 3.05) is 11.9 Å². The van der Waals surface area contributed by atoms with Crippen LogP contribution in [0.3, 0.4) is 0 Å². The quantitative estimate of drug-likeness (QED) is 0.157. The Morgan fingerprint density at radius 2 is 1.21 bits per heavy atom. The molecule has 1 amide bonds. The highest BCUT2D eigenvalue weighted by Crippen LogP contribution is 2.41. The number of anilines is 1. The number of rotatable bonds is 14. The summed E-state index contributed by atoms with van der Waals surface area (Å²) in [5, 5.41) is 12.3. The summed E-state index contributed by atoms with van der Waals surface area (Å²) in [5.41, 5.74) is 3.44. The Kier molecular flexibility index (Phi) is 10.8. The van der Waals surface area contributed by atoms with Crippen LogP contribution < -0.4 is 5.32 Å². The van der Waals surface area contributed by atoms with Crippen LogP contribution in [0.1, 0.15) is 55.9 Å². The molecule has 0 saturated heterocycles. The van der Waals surface area contributed by atoms with Gasteiger partial charge in [0.05, 0.1) is 13.2 Å². The molecule has 5 nitrogen and oxygen atoms in total. The predicted molar refractivity (Wildman–Crippen MR) is 168 cm³/mol. The number of carbonyl (C=O) groups is 2. The van der Waals surface area contributed by atoms with Gasteiger partial charge >= 0.3 is 0 Å². The minimum Gasteiger partial charge on any atom is -0.392 e. The summed E-state index contributed by atoms with van der Waals surface area (Å²) < 4.78 is 6.87. The van der Waals surface area contributed by atoms with E-state index in [0.29, 0.717) is 12.1 Å². The number of nitrogens with one attached hydrogen (secondary N) is 1. The van der Waals surface area contributed by atoms with Crippen molar-refractivity contribution in [1.82, 2.24) is 0 Å². The van der Waals surface area contributed by atoms with Gasteiger partial charge in [-0.25, -0.2) is 0 Å². The van der Waals surface area contributed by atoms with E-state index in [-0.39, 0.29) is 37.2 Å². The zero-order valence-corrected chi connectivity index (χ0v) is 24.7. The summed E-state index contributed by atoms with van der Waals surface area (Å²) in [6.07, 6.45) is 0.736. The van der Waals surface area contributed by atoms with Crippen LogP contribution in [0.15, 0.2) is 115 Å². The lowest BCUT2D eigenvalue weighted by Gasteiger charge is -2.36. The lowest BCUT2D eigenvalue weighted by atomic mass is 9.80. The first-order valence-electron chi connectivity index (χ1n) is 14.7. The van der Waals surface area contributed by atoms with Gasteiger partial charge in [-0.05, 0) is 46.7 Å². The molecule has 2 atom stereocenters. The molecular formula is C37H41NO4. The molecule has 0 aromatic heterocycles. The van der Waals surface area contributed by atoms with Crippen molar-refractivity contribution in [3.05, 3.63) is 138 Å². The Bertz CT molecular complexity index is 1310. The Morgan fingerprint density at radius 3 is 1.64 bits per heavy atom. The van der Waals surface area contributed by atoms with Crippen LogP contribution in [-0.2, 0) is 26.5 Å². The second-order valence-electron chi connectivity index (χ2n) is 11.3. The third-order valence-corrected chi connectivity index (χ3v) is 7.62. The molecule has 0 spiro atoms. The number of hydrogen-bond donors (Lipinski definition) is 2. The number of ether oxygens (including phenoxy) is 1. The van der Waals surface area contributed by atoms with Crippen LogP contribution in [0.2, 0.25) is 0 Å². The van der Waals surface area contributed by atoms with Gasteiger partial charge in [-0.15, -0.1) is 0 Å². The van der Waals surface area contributed by atoms with Crippen molar-refractivity contribution in [3.8, 4) is 0 Å². The zero-order chi connectivity index (χ0) is 30.0. The van der Waals surface area contributed by atoms with E-state index in [1.54, 1.807) is 24.3 Å². The van der Waals surface area contributed by atoms with E-state index in [1.165, 1.54) is 0 Å². The Labute approximate surface area is 249 Å². The molecule has 0 radical (unpaired) electrons. The Balaban J connectivity index is 1.55. The second kappa shape index (κ2) is 14.7. The van der Waals surface area contributed by atoms with Gasteiger partial charge in [-0.1, -0.05) is 124 Å². The third-order valence-electron chi connectivity index (χ3n) is 7.62. The summed E-state index contributed by atoms with van der Waals surface area (Å²) in [6, 6.07) is 37.4. The molecule has 4 rings (SSSR count). The van der Waals surface area contributed by atoms with E-state index in [4.69, 9.17) is 4.74 Å². The molecule has 0 unspecified atom stereocenters. The number of hydrogen-bond acceptors (Lipinski definition) is 4. The molecule has 0 saturated carbocycles. The predicted octanol–water partition coefficient (Wildman–Crippen LogP) is 7.38. The van der Waals surface area contributed by atoms with Crippen molar-refractivity contribution in [2.24, 2.45) is 17.8 Å². The number of carbonyl (C=O) groups excluding carboxylic acids is 2. The van der Waals surface area contributed by atoms with Crippen LogP contribution in [0.25, 0.3) is 0 Å². The highest BCUT2D eigenvalue weighted by Gasteiger charge is 2.38. The summed E-state index contributed by atoms with van der Waals surface area (Å²) in [7, 11) is 0. The van der Waals surface area contributed by atoms with Crippen LogP contribution in [0.5, 0.6) is 0 Å². The largest absolute Gasteiger partial charge is 0.392 e. The minimum atomic E-state index is -0.909. The Morgan fingerprint density at radius 1 is 0.738 bits per heavy atom. The van der Waals surface area contributed by atoms with Gasteiger partial charge in [0.25, 0.3) is 0 Å². The molecule has 0 aliphatic heterocycles. The molecule has 4 aromatic carbocycles. The Hall–Kier alpha value is -4.06. The average molecular weight is 564 g/mol. The van der Waals surface area contributed by atoms with Gasteiger partial charge in [0.15, 0.2) is 0 Å². The van der Waals surface area contributed by atoms with E-state index in [2.05, 4.69) is 55.6 Å². The van der Waals surface area contributed by atoms with Crippen LogP contribution >= 0.6 is 0 Å².